The molecule has 2 heterocycles. The van der Waals surface area contributed by atoms with Crippen LogP contribution in [0.5, 0.6) is 5.75 Å². The molecule has 0 saturated carbocycles. The first-order chi connectivity index (χ1) is 7.68. The molecule has 0 unspecified atom stereocenters. The summed E-state index contributed by atoms with van der Waals surface area (Å²) in [7, 11) is 0. The van der Waals surface area contributed by atoms with Crippen LogP contribution < -0.4 is 15.5 Å². The number of fused-ring (bicyclic) bond motifs is 3. The number of anilines is 1. The molecule has 3 N–H and O–H groups in total. The van der Waals surface area contributed by atoms with Crippen molar-refractivity contribution in [1.29, 1.82) is 0 Å². The number of nitrogens with zero attached hydrogens (tertiary/aromatic N) is 1. The number of rotatable bonds is 0. The third-order valence-electron chi connectivity index (χ3n) is 3.11. The molecule has 2 aliphatic heterocycles. The van der Waals surface area contributed by atoms with Gasteiger partial charge in [-0.25, -0.2) is 0 Å². The van der Waals surface area contributed by atoms with E-state index in [-0.39, 0.29) is 0 Å². The van der Waals surface area contributed by atoms with Gasteiger partial charge in [0, 0.05) is 12.0 Å². The molecule has 0 radical (unpaired) electrons. The molecule has 0 fully saturated rings. The topological polar surface area (TPSA) is 75.8 Å². The molecule has 0 aliphatic carbocycles. The predicted molar refractivity (Wildman–Crippen MR) is 56.6 cm³/mol. The fraction of sp³-hybridized carbons (Fsp3) is 0.364. The summed E-state index contributed by atoms with van der Waals surface area (Å²) in [5.41, 5.74) is 8.02. The Morgan fingerprint density at radius 1 is 1.50 bits per heavy atom. The molecule has 2 aliphatic rings. The summed E-state index contributed by atoms with van der Waals surface area (Å²) in [4.78, 5) is 11.6. The van der Waals surface area contributed by atoms with Crippen molar-refractivity contribution in [3.8, 4) is 5.75 Å². The van der Waals surface area contributed by atoms with E-state index in [4.69, 9.17) is 10.5 Å². The SMILES string of the molecule is N[C@H]1Cc2ccc3c(c2N(O)C1=O)CCO3. The maximum Gasteiger partial charge on any atom is 0.267 e. The molecular formula is C11H12N2O3. The minimum Gasteiger partial charge on any atom is -0.493 e. The van der Waals surface area contributed by atoms with Crippen molar-refractivity contribution in [3.05, 3.63) is 23.3 Å². The molecular weight excluding hydrogens is 208 g/mol. The van der Waals surface area contributed by atoms with Crippen molar-refractivity contribution in [2.45, 2.75) is 18.9 Å². The van der Waals surface area contributed by atoms with E-state index in [1.807, 2.05) is 12.1 Å². The zero-order chi connectivity index (χ0) is 11.3. The van der Waals surface area contributed by atoms with Gasteiger partial charge < -0.3 is 10.5 Å². The molecule has 5 nitrogen and oxygen atoms in total. The van der Waals surface area contributed by atoms with Crippen molar-refractivity contribution in [2.75, 3.05) is 11.7 Å². The largest absolute Gasteiger partial charge is 0.493 e. The van der Waals surface area contributed by atoms with E-state index in [9.17, 15) is 10.0 Å². The van der Waals surface area contributed by atoms with Gasteiger partial charge in [0.25, 0.3) is 5.91 Å². The van der Waals surface area contributed by atoms with Crippen molar-refractivity contribution in [2.24, 2.45) is 5.73 Å². The molecule has 1 amide bonds. The van der Waals surface area contributed by atoms with Crippen LogP contribution in [-0.4, -0.2) is 23.8 Å². The molecule has 1 aromatic rings. The lowest BCUT2D eigenvalue weighted by molar-refractivity contribution is -0.125. The summed E-state index contributed by atoms with van der Waals surface area (Å²) in [5, 5.41) is 10.5. The van der Waals surface area contributed by atoms with Crippen LogP contribution >= 0.6 is 0 Å². The second-order valence-corrected chi connectivity index (χ2v) is 4.11. The zero-order valence-electron chi connectivity index (χ0n) is 8.64. The fourth-order valence-electron chi connectivity index (χ4n) is 2.33. The van der Waals surface area contributed by atoms with Crippen molar-refractivity contribution >= 4 is 11.6 Å². The third-order valence-corrected chi connectivity index (χ3v) is 3.11. The number of carbonyl (C=O) groups excluding carboxylic acids is 1. The minimum atomic E-state index is -0.655. The molecule has 0 bridgehead atoms. The highest BCUT2D eigenvalue weighted by molar-refractivity contribution is 5.99. The molecule has 16 heavy (non-hydrogen) atoms. The lowest BCUT2D eigenvalue weighted by atomic mass is 9.95. The van der Waals surface area contributed by atoms with E-state index in [2.05, 4.69) is 0 Å². The molecule has 5 heteroatoms. The Kier molecular flexibility index (Phi) is 1.92. The van der Waals surface area contributed by atoms with E-state index in [0.29, 0.717) is 23.8 Å². The summed E-state index contributed by atoms with van der Waals surface area (Å²) in [6.07, 6.45) is 1.19. The van der Waals surface area contributed by atoms with Crippen LogP contribution in [0.1, 0.15) is 11.1 Å². The molecule has 0 spiro atoms. The minimum absolute atomic E-state index is 0.451. The molecule has 3 rings (SSSR count). The first kappa shape index (κ1) is 9.62. The number of hydrogen-bond acceptors (Lipinski definition) is 4. The Labute approximate surface area is 92.4 Å². The van der Waals surface area contributed by atoms with Gasteiger partial charge in [0.1, 0.15) is 5.75 Å². The van der Waals surface area contributed by atoms with Crippen LogP contribution in [0.25, 0.3) is 0 Å². The summed E-state index contributed by atoms with van der Waals surface area (Å²) < 4.78 is 5.39. The molecule has 0 saturated heterocycles. The Bertz CT molecular complexity index is 473. The Morgan fingerprint density at radius 2 is 2.31 bits per heavy atom. The average molecular weight is 220 g/mol. The molecule has 0 aromatic heterocycles. The lowest BCUT2D eigenvalue weighted by Crippen LogP contribution is -2.47. The van der Waals surface area contributed by atoms with E-state index >= 15 is 0 Å². The van der Waals surface area contributed by atoms with Crippen LogP contribution in [0.2, 0.25) is 0 Å². The number of benzene rings is 1. The zero-order valence-corrected chi connectivity index (χ0v) is 8.64. The van der Waals surface area contributed by atoms with Crippen LogP contribution in [0, 0.1) is 0 Å². The third kappa shape index (κ3) is 1.15. The highest BCUT2D eigenvalue weighted by Crippen LogP contribution is 2.38. The van der Waals surface area contributed by atoms with Gasteiger partial charge in [-0.2, -0.15) is 5.06 Å². The van der Waals surface area contributed by atoms with Crippen LogP contribution in [0.4, 0.5) is 5.69 Å². The normalized spacial score (nSPS) is 22.8. The standard InChI is InChI=1S/C11H12N2O3/c12-8-5-6-1-2-9-7(3-4-16-9)10(6)13(15)11(8)14/h1-2,8,15H,3-5,12H2/t8-/m0/s1. The summed E-state index contributed by atoms with van der Waals surface area (Å²) >= 11 is 0. The van der Waals surface area contributed by atoms with E-state index in [1.54, 1.807) is 0 Å². The predicted octanol–water partition coefficient (Wildman–Crippen LogP) is 0.227. The average Bonchev–Trinajstić information content (AvgIpc) is 2.73. The Hall–Kier alpha value is -1.59. The number of hydrogen-bond donors (Lipinski definition) is 2. The van der Waals surface area contributed by atoms with Gasteiger partial charge in [-0.3, -0.25) is 10.0 Å². The first-order valence-electron chi connectivity index (χ1n) is 5.24. The first-order valence-corrected chi connectivity index (χ1v) is 5.24. The van der Waals surface area contributed by atoms with Gasteiger partial charge >= 0.3 is 0 Å². The Morgan fingerprint density at radius 3 is 3.12 bits per heavy atom. The van der Waals surface area contributed by atoms with Gasteiger partial charge in [-0.15, -0.1) is 0 Å². The summed E-state index contributed by atoms with van der Waals surface area (Å²) in [5.74, 6) is 0.300. The Balaban J connectivity index is 2.19. The monoisotopic (exact) mass is 220 g/mol. The van der Waals surface area contributed by atoms with Crippen LogP contribution in [-0.2, 0) is 17.6 Å². The van der Waals surface area contributed by atoms with Crippen molar-refractivity contribution < 1.29 is 14.7 Å². The smallest absolute Gasteiger partial charge is 0.267 e. The second kappa shape index (κ2) is 3.20. The van der Waals surface area contributed by atoms with Crippen molar-refractivity contribution in [1.82, 2.24) is 0 Å². The fourth-order valence-corrected chi connectivity index (χ4v) is 2.33. The maximum atomic E-state index is 11.6. The van der Waals surface area contributed by atoms with Gasteiger partial charge in [0.15, 0.2) is 0 Å². The highest BCUT2D eigenvalue weighted by Gasteiger charge is 2.33. The van der Waals surface area contributed by atoms with E-state index in [1.165, 1.54) is 0 Å². The van der Waals surface area contributed by atoms with Gasteiger partial charge in [0.05, 0.1) is 18.3 Å². The quantitative estimate of drug-likeness (QED) is 0.613. The van der Waals surface area contributed by atoms with Gasteiger partial charge in [0.2, 0.25) is 0 Å². The molecule has 1 atom stereocenters. The maximum absolute atomic E-state index is 11.6. The van der Waals surface area contributed by atoms with Gasteiger partial charge in [-0.1, -0.05) is 6.07 Å². The number of nitrogens with two attached hydrogens (primary N) is 1. The number of hydroxylamine groups is 1. The lowest BCUT2D eigenvalue weighted by Gasteiger charge is -2.29. The highest BCUT2D eigenvalue weighted by atomic mass is 16.5. The van der Waals surface area contributed by atoms with E-state index < -0.39 is 11.9 Å². The summed E-state index contributed by atoms with van der Waals surface area (Å²) in [6, 6.07) is 3.07. The van der Waals surface area contributed by atoms with Crippen LogP contribution in [0.3, 0.4) is 0 Å². The number of amides is 1. The van der Waals surface area contributed by atoms with Crippen LogP contribution in [0.15, 0.2) is 12.1 Å². The second-order valence-electron chi connectivity index (χ2n) is 4.11. The van der Waals surface area contributed by atoms with Crippen molar-refractivity contribution in [3.63, 3.8) is 0 Å². The van der Waals surface area contributed by atoms with Gasteiger partial charge in [-0.05, 0) is 18.1 Å². The van der Waals surface area contributed by atoms with E-state index in [0.717, 1.165) is 23.3 Å². The number of carbonyl (C=O) groups is 1. The molecule has 84 valence electrons. The molecule has 1 aromatic carbocycles. The number of ether oxygens (including phenoxy) is 1. The summed E-state index contributed by atoms with van der Waals surface area (Å²) in [6.45, 7) is 0.597.